The third kappa shape index (κ3) is 5.19. The van der Waals surface area contributed by atoms with E-state index in [-0.39, 0.29) is 26.6 Å². The van der Waals surface area contributed by atoms with Crippen LogP contribution < -0.4 is 10.1 Å². The van der Waals surface area contributed by atoms with Gasteiger partial charge in [0.05, 0.1) is 27.3 Å². The number of aryl methyl sites for hydroxylation is 1. The van der Waals surface area contributed by atoms with Gasteiger partial charge in [0.1, 0.15) is 5.75 Å². The lowest BCUT2D eigenvalue weighted by Gasteiger charge is -2.17. The van der Waals surface area contributed by atoms with Gasteiger partial charge in [0.15, 0.2) is 9.84 Å². The minimum atomic E-state index is -3.46. The van der Waals surface area contributed by atoms with Crippen molar-refractivity contribution in [3.8, 4) is 5.75 Å². The lowest BCUT2D eigenvalue weighted by Crippen LogP contribution is -2.18. The molecule has 28 heavy (non-hydrogen) atoms. The Hall–Kier alpha value is -1.76. The van der Waals surface area contributed by atoms with Gasteiger partial charge in [0.25, 0.3) is 0 Å². The smallest absolute Gasteiger partial charge is 0.224 e. The molecule has 1 N–H and O–H groups in total. The lowest BCUT2D eigenvalue weighted by molar-refractivity contribution is -0.116. The van der Waals surface area contributed by atoms with Gasteiger partial charge in [0.2, 0.25) is 5.91 Å². The van der Waals surface area contributed by atoms with E-state index in [4.69, 9.17) is 27.9 Å². The Balaban J connectivity index is 1.43. The molecule has 0 saturated heterocycles. The normalized spacial score (nSPS) is 13.7. The van der Waals surface area contributed by atoms with E-state index in [0.717, 1.165) is 29.8 Å². The Morgan fingerprint density at radius 1 is 1.04 bits per heavy atom. The van der Waals surface area contributed by atoms with Crippen LogP contribution in [0.15, 0.2) is 41.3 Å². The summed E-state index contributed by atoms with van der Waals surface area (Å²) in [5, 5.41) is 3.15. The molecule has 8 heteroatoms. The second-order valence-corrected chi connectivity index (χ2v) is 9.51. The first-order valence-electron chi connectivity index (χ1n) is 9.09. The summed E-state index contributed by atoms with van der Waals surface area (Å²) in [4.78, 5) is 11.5. The lowest BCUT2D eigenvalue weighted by atomic mass is 10.0. The Labute approximate surface area is 174 Å². The van der Waals surface area contributed by atoms with E-state index in [1.165, 1.54) is 6.07 Å². The SMILES string of the molecule is O=C1CCc2cc(OCCCCCS(=O)(=O)c3cccc(Cl)c3Cl)ccc2N1. The second kappa shape index (κ2) is 9.16. The maximum absolute atomic E-state index is 12.4. The summed E-state index contributed by atoms with van der Waals surface area (Å²) in [7, 11) is -3.46. The molecular weight excluding hydrogens is 421 g/mol. The molecule has 0 radical (unpaired) electrons. The predicted octanol–water partition coefficient (Wildman–Crippen LogP) is 4.90. The molecule has 1 aliphatic rings. The average Bonchev–Trinajstić information content (AvgIpc) is 2.66. The molecule has 0 unspecified atom stereocenters. The van der Waals surface area contributed by atoms with Gasteiger partial charge in [-0.15, -0.1) is 0 Å². The molecule has 0 saturated carbocycles. The maximum atomic E-state index is 12.4. The first kappa shape index (κ1) is 21.0. The van der Waals surface area contributed by atoms with Crippen LogP contribution in [0.3, 0.4) is 0 Å². The van der Waals surface area contributed by atoms with Crippen LogP contribution in [0.4, 0.5) is 5.69 Å². The quantitative estimate of drug-likeness (QED) is 0.591. The Morgan fingerprint density at radius 3 is 2.68 bits per heavy atom. The van der Waals surface area contributed by atoms with Crippen molar-refractivity contribution in [2.45, 2.75) is 37.0 Å². The van der Waals surface area contributed by atoms with Crippen LogP contribution >= 0.6 is 23.2 Å². The molecular formula is C20H21Cl2NO4S. The molecule has 1 amide bonds. The molecule has 1 aliphatic heterocycles. The summed E-state index contributed by atoms with van der Waals surface area (Å²) >= 11 is 11.9. The van der Waals surface area contributed by atoms with Crippen molar-refractivity contribution in [3.63, 3.8) is 0 Å². The Bertz CT molecular complexity index is 976. The van der Waals surface area contributed by atoms with Crippen molar-refractivity contribution in [3.05, 3.63) is 52.0 Å². The number of nitrogens with one attached hydrogen (secondary N) is 1. The number of halogens is 2. The highest BCUT2D eigenvalue weighted by atomic mass is 35.5. The van der Waals surface area contributed by atoms with Crippen molar-refractivity contribution >= 4 is 44.6 Å². The number of sulfone groups is 1. The van der Waals surface area contributed by atoms with Crippen molar-refractivity contribution in [2.24, 2.45) is 0 Å². The number of amides is 1. The fourth-order valence-electron chi connectivity index (χ4n) is 3.04. The molecule has 0 aromatic heterocycles. The summed E-state index contributed by atoms with van der Waals surface area (Å²) in [5.41, 5.74) is 1.91. The number of carbonyl (C=O) groups is 1. The number of benzene rings is 2. The standard InChI is InChI=1S/C20H21Cl2NO4S/c21-16-5-4-6-18(20(16)22)28(25,26)12-3-1-2-11-27-15-8-9-17-14(13-15)7-10-19(24)23-17/h4-6,8-9,13H,1-3,7,10-12H2,(H,23,24). The first-order chi connectivity index (χ1) is 13.4. The highest BCUT2D eigenvalue weighted by Gasteiger charge is 2.19. The minimum Gasteiger partial charge on any atom is -0.494 e. The largest absolute Gasteiger partial charge is 0.494 e. The van der Waals surface area contributed by atoms with Crippen LogP contribution in [-0.4, -0.2) is 26.7 Å². The Morgan fingerprint density at radius 2 is 1.86 bits per heavy atom. The van der Waals surface area contributed by atoms with Gasteiger partial charge in [-0.3, -0.25) is 4.79 Å². The molecule has 3 rings (SSSR count). The number of fused-ring (bicyclic) bond motifs is 1. The number of unbranched alkanes of at least 4 members (excludes halogenated alkanes) is 2. The molecule has 0 fully saturated rings. The van der Waals surface area contributed by atoms with Crippen LogP contribution in [0.5, 0.6) is 5.75 Å². The maximum Gasteiger partial charge on any atom is 0.224 e. The number of ether oxygens (including phenoxy) is 1. The Kier molecular flexibility index (Phi) is 6.86. The van der Waals surface area contributed by atoms with E-state index in [1.54, 1.807) is 12.1 Å². The summed E-state index contributed by atoms with van der Waals surface area (Å²) in [6.07, 6.45) is 3.18. The fourth-order valence-corrected chi connectivity index (χ4v) is 5.23. The molecule has 0 bridgehead atoms. The number of hydrogen-bond acceptors (Lipinski definition) is 4. The van der Waals surface area contributed by atoms with Gasteiger partial charge in [0, 0.05) is 12.1 Å². The van der Waals surface area contributed by atoms with Crippen LogP contribution in [-0.2, 0) is 21.1 Å². The van der Waals surface area contributed by atoms with E-state index in [2.05, 4.69) is 5.32 Å². The molecule has 0 atom stereocenters. The van der Waals surface area contributed by atoms with Crippen molar-refractivity contribution in [2.75, 3.05) is 17.7 Å². The number of rotatable bonds is 8. The van der Waals surface area contributed by atoms with Crippen molar-refractivity contribution in [1.29, 1.82) is 0 Å². The van der Waals surface area contributed by atoms with E-state index in [9.17, 15) is 13.2 Å². The monoisotopic (exact) mass is 441 g/mol. The van der Waals surface area contributed by atoms with Gasteiger partial charge in [-0.1, -0.05) is 29.3 Å². The van der Waals surface area contributed by atoms with Crippen LogP contribution in [0, 0.1) is 0 Å². The third-order valence-electron chi connectivity index (χ3n) is 4.55. The average molecular weight is 442 g/mol. The molecule has 2 aromatic rings. The van der Waals surface area contributed by atoms with Crippen LogP contribution in [0.25, 0.3) is 0 Å². The second-order valence-electron chi connectivity index (χ2n) is 6.65. The van der Waals surface area contributed by atoms with Crippen LogP contribution in [0.1, 0.15) is 31.2 Å². The minimum absolute atomic E-state index is 0.0194. The summed E-state index contributed by atoms with van der Waals surface area (Å²) in [6, 6.07) is 10.2. The van der Waals surface area contributed by atoms with Crippen molar-refractivity contribution < 1.29 is 17.9 Å². The van der Waals surface area contributed by atoms with Crippen LogP contribution in [0.2, 0.25) is 10.0 Å². The van der Waals surface area contributed by atoms with Gasteiger partial charge >= 0.3 is 0 Å². The highest BCUT2D eigenvalue weighted by molar-refractivity contribution is 7.91. The first-order valence-corrected chi connectivity index (χ1v) is 11.5. The zero-order valence-electron chi connectivity index (χ0n) is 15.2. The van der Waals surface area contributed by atoms with Gasteiger partial charge in [-0.05, 0) is 61.6 Å². The van der Waals surface area contributed by atoms with E-state index >= 15 is 0 Å². The number of carbonyl (C=O) groups excluding carboxylic acids is 1. The third-order valence-corrected chi connectivity index (χ3v) is 7.32. The van der Waals surface area contributed by atoms with Gasteiger partial charge in [-0.25, -0.2) is 8.42 Å². The molecule has 2 aromatic carbocycles. The number of hydrogen-bond donors (Lipinski definition) is 1. The zero-order valence-corrected chi connectivity index (χ0v) is 17.5. The molecule has 150 valence electrons. The van der Waals surface area contributed by atoms with E-state index < -0.39 is 9.84 Å². The molecule has 1 heterocycles. The van der Waals surface area contributed by atoms with Gasteiger partial charge in [-0.2, -0.15) is 0 Å². The molecule has 0 aliphatic carbocycles. The van der Waals surface area contributed by atoms with E-state index in [1.807, 2.05) is 18.2 Å². The molecule has 0 spiro atoms. The van der Waals surface area contributed by atoms with Gasteiger partial charge < -0.3 is 10.1 Å². The zero-order chi connectivity index (χ0) is 20.1. The predicted molar refractivity (Wildman–Crippen MR) is 111 cm³/mol. The summed E-state index contributed by atoms with van der Waals surface area (Å²) < 4.78 is 30.6. The summed E-state index contributed by atoms with van der Waals surface area (Å²) in [6.45, 7) is 0.503. The van der Waals surface area contributed by atoms with Crippen molar-refractivity contribution in [1.82, 2.24) is 0 Å². The van der Waals surface area contributed by atoms with E-state index in [0.29, 0.717) is 25.9 Å². The highest BCUT2D eigenvalue weighted by Crippen LogP contribution is 2.30. The fraction of sp³-hybridized carbons (Fsp3) is 0.350. The number of anilines is 1. The summed E-state index contributed by atoms with van der Waals surface area (Å²) in [5.74, 6) is 0.814. The molecule has 5 nitrogen and oxygen atoms in total. The topological polar surface area (TPSA) is 72.5 Å².